The Morgan fingerprint density at radius 3 is 2.55 bits per heavy atom. The molecule has 1 fully saturated rings. The van der Waals surface area contributed by atoms with Gasteiger partial charge in [0.2, 0.25) is 10.0 Å². The average molecular weight is 443 g/mol. The third kappa shape index (κ3) is 4.31. The van der Waals surface area contributed by atoms with E-state index < -0.39 is 16.0 Å². The van der Waals surface area contributed by atoms with Crippen LogP contribution in [0.4, 0.5) is 0 Å². The van der Waals surface area contributed by atoms with Crippen LogP contribution in [0.5, 0.6) is 5.75 Å². The molecule has 0 aliphatic carbocycles. The van der Waals surface area contributed by atoms with Gasteiger partial charge in [0, 0.05) is 36.1 Å². The van der Waals surface area contributed by atoms with Gasteiger partial charge in [0.15, 0.2) is 0 Å². The molecule has 3 aromatic rings. The van der Waals surface area contributed by atoms with E-state index in [-0.39, 0.29) is 23.5 Å². The summed E-state index contributed by atoms with van der Waals surface area (Å²) >= 11 is 0. The number of carboxylic acid groups (broad SMARTS) is 1. The van der Waals surface area contributed by atoms with Crippen LogP contribution in [0, 0.1) is 0 Å². The predicted octanol–water partition coefficient (Wildman–Crippen LogP) is 3.69. The fourth-order valence-corrected chi connectivity index (χ4v) is 5.69. The quantitative estimate of drug-likeness (QED) is 0.603. The number of carbonyl (C=O) groups is 1. The summed E-state index contributed by atoms with van der Waals surface area (Å²) in [5.74, 6) is -0.259. The third-order valence-electron chi connectivity index (χ3n) is 5.55. The average Bonchev–Trinajstić information content (AvgIpc) is 3.34. The Kier molecular flexibility index (Phi) is 5.77. The molecule has 1 unspecified atom stereocenters. The number of aromatic nitrogens is 1. The molecule has 0 amide bonds. The minimum Gasteiger partial charge on any atom is -0.491 e. The largest absolute Gasteiger partial charge is 0.491 e. The molecule has 0 spiro atoms. The number of ether oxygens (including phenoxy) is 1. The molecule has 164 valence electrons. The lowest BCUT2D eigenvalue weighted by atomic mass is 9.98. The molecule has 7 nitrogen and oxygen atoms in total. The van der Waals surface area contributed by atoms with Gasteiger partial charge in [-0.1, -0.05) is 18.2 Å². The molecule has 1 atom stereocenters. The van der Waals surface area contributed by atoms with E-state index in [1.54, 1.807) is 28.8 Å². The number of rotatable bonds is 7. The summed E-state index contributed by atoms with van der Waals surface area (Å²) in [6.45, 7) is 4.51. The van der Waals surface area contributed by atoms with Gasteiger partial charge in [-0.05, 0) is 56.2 Å². The minimum atomic E-state index is -3.61. The Morgan fingerprint density at radius 1 is 1.16 bits per heavy atom. The van der Waals surface area contributed by atoms with Gasteiger partial charge in [0.1, 0.15) is 12.3 Å². The van der Waals surface area contributed by atoms with Gasteiger partial charge in [-0.15, -0.1) is 0 Å². The summed E-state index contributed by atoms with van der Waals surface area (Å²) in [6.07, 6.45) is 2.57. The van der Waals surface area contributed by atoms with Crippen molar-refractivity contribution in [2.45, 2.75) is 43.7 Å². The highest BCUT2D eigenvalue weighted by molar-refractivity contribution is 7.89. The van der Waals surface area contributed by atoms with Crippen molar-refractivity contribution in [2.75, 3.05) is 13.1 Å². The molecular formula is C23H26N2O5S. The van der Waals surface area contributed by atoms with E-state index in [2.05, 4.69) is 0 Å². The predicted molar refractivity (Wildman–Crippen MR) is 118 cm³/mol. The topological polar surface area (TPSA) is 88.8 Å². The molecule has 0 saturated carbocycles. The van der Waals surface area contributed by atoms with E-state index in [9.17, 15) is 18.3 Å². The first-order chi connectivity index (χ1) is 14.8. The SMILES string of the molecule is CC(C)Oc1ccc(S(=O)(=O)N2CCC(c3cn(CC(=O)O)c4ccccc34)C2)cc1. The first-order valence-corrected chi connectivity index (χ1v) is 11.8. The molecular weight excluding hydrogens is 416 g/mol. The van der Waals surface area contributed by atoms with Crippen molar-refractivity contribution in [3.05, 3.63) is 60.3 Å². The van der Waals surface area contributed by atoms with Crippen LogP contribution in [0.3, 0.4) is 0 Å². The van der Waals surface area contributed by atoms with Gasteiger partial charge in [0.05, 0.1) is 11.0 Å². The molecule has 0 bridgehead atoms. The molecule has 2 aromatic carbocycles. The normalized spacial score (nSPS) is 17.5. The van der Waals surface area contributed by atoms with Crippen molar-refractivity contribution in [2.24, 2.45) is 0 Å². The Bertz CT molecular complexity index is 1200. The van der Waals surface area contributed by atoms with Gasteiger partial charge < -0.3 is 14.4 Å². The molecule has 1 aliphatic heterocycles. The number of aliphatic carboxylic acids is 1. The maximum Gasteiger partial charge on any atom is 0.323 e. The Morgan fingerprint density at radius 2 is 1.87 bits per heavy atom. The van der Waals surface area contributed by atoms with Crippen molar-refractivity contribution in [3.63, 3.8) is 0 Å². The van der Waals surface area contributed by atoms with Crippen LogP contribution in [0.2, 0.25) is 0 Å². The van der Waals surface area contributed by atoms with Crippen LogP contribution in [-0.4, -0.2) is 47.6 Å². The third-order valence-corrected chi connectivity index (χ3v) is 7.43. The van der Waals surface area contributed by atoms with Gasteiger partial charge in [-0.3, -0.25) is 4.79 Å². The number of nitrogens with zero attached hydrogens (tertiary/aromatic N) is 2. The molecule has 1 N–H and O–H groups in total. The second-order valence-corrected chi connectivity index (χ2v) is 10.0. The molecule has 4 rings (SSSR count). The zero-order chi connectivity index (χ0) is 22.2. The zero-order valence-corrected chi connectivity index (χ0v) is 18.4. The Balaban J connectivity index is 1.57. The summed E-state index contributed by atoms with van der Waals surface area (Å²) in [4.78, 5) is 11.5. The highest BCUT2D eigenvalue weighted by Gasteiger charge is 2.34. The maximum absolute atomic E-state index is 13.2. The molecule has 2 heterocycles. The van der Waals surface area contributed by atoms with Crippen LogP contribution in [-0.2, 0) is 21.4 Å². The number of para-hydroxylation sites is 1. The molecule has 31 heavy (non-hydrogen) atoms. The lowest BCUT2D eigenvalue weighted by Crippen LogP contribution is -2.28. The highest BCUT2D eigenvalue weighted by Crippen LogP contribution is 2.36. The number of hydrogen-bond donors (Lipinski definition) is 1. The Hall–Kier alpha value is -2.84. The zero-order valence-electron chi connectivity index (χ0n) is 17.6. The van der Waals surface area contributed by atoms with E-state index in [4.69, 9.17) is 4.74 Å². The molecule has 1 aliphatic rings. The summed E-state index contributed by atoms with van der Waals surface area (Å²) in [6, 6.07) is 14.2. The lowest BCUT2D eigenvalue weighted by Gasteiger charge is -2.17. The van der Waals surface area contributed by atoms with Crippen LogP contribution >= 0.6 is 0 Å². The van der Waals surface area contributed by atoms with Gasteiger partial charge in [-0.2, -0.15) is 4.31 Å². The number of benzene rings is 2. The fourth-order valence-electron chi connectivity index (χ4n) is 4.19. The van der Waals surface area contributed by atoms with Crippen LogP contribution < -0.4 is 4.74 Å². The van der Waals surface area contributed by atoms with Crippen LogP contribution in [0.1, 0.15) is 31.7 Å². The van der Waals surface area contributed by atoms with E-state index in [1.165, 1.54) is 4.31 Å². The Labute approximate surface area is 181 Å². The highest BCUT2D eigenvalue weighted by atomic mass is 32.2. The monoisotopic (exact) mass is 442 g/mol. The number of fused-ring (bicyclic) bond motifs is 1. The molecule has 1 aromatic heterocycles. The fraction of sp³-hybridized carbons (Fsp3) is 0.348. The van der Waals surface area contributed by atoms with Crippen molar-refractivity contribution in [3.8, 4) is 5.75 Å². The number of carboxylic acids is 1. The first kappa shape index (κ1) is 21.4. The summed E-state index contributed by atoms with van der Waals surface area (Å²) < 4.78 is 35.2. The van der Waals surface area contributed by atoms with Gasteiger partial charge >= 0.3 is 5.97 Å². The van der Waals surface area contributed by atoms with Gasteiger partial charge in [0.25, 0.3) is 0 Å². The summed E-state index contributed by atoms with van der Waals surface area (Å²) in [5, 5.41) is 10.2. The minimum absolute atomic E-state index is 0.0123. The summed E-state index contributed by atoms with van der Waals surface area (Å²) in [7, 11) is -3.61. The maximum atomic E-state index is 13.2. The second kappa shape index (κ2) is 8.36. The first-order valence-electron chi connectivity index (χ1n) is 10.3. The lowest BCUT2D eigenvalue weighted by molar-refractivity contribution is -0.137. The summed E-state index contributed by atoms with van der Waals surface area (Å²) in [5.41, 5.74) is 1.84. The standard InChI is InChI=1S/C23H26N2O5S/c1-16(2)30-18-7-9-19(10-8-18)31(28,29)25-12-11-17(13-25)21-14-24(15-23(26)27)22-6-4-3-5-20(21)22/h3-10,14,16-17H,11-13,15H2,1-2H3,(H,26,27). The van der Waals surface area contributed by atoms with E-state index in [0.29, 0.717) is 25.3 Å². The van der Waals surface area contributed by atoms with Crippen molar-refractivity contribution in [1.29, 1.82) is 0 Å². The molecule has 0 radical (unpaired) electrons. The molecule has 8 heteroatoms. The van der Waals surface area contributed by atoms with E-state index in [0.717, 1.165) is 16.5 Å². The number of hydrogen-bond acceptors (Lipinski definition) is 4. The van der Waals surface area contributed by atoms with E-state index >= 15 is 0 Å². The smallest absolute Gasteiger partial charge is 0.323 e. The van der Waals surface area contributed by atoms with Crippen molar-refractivity contribution < 1.29 is 23.1 Å². The van der Waals surface area contributed by atoms with Crippen molar-refractivity contribution in [1.82, 2.24) is 8.87 Å². The van der Waals surface area contributed by atoms with Crippen LogP contribution in [0.15, 0.2) is 59.6 Å². The van der Waals surface area contributed by atoms with Crippen molar-refractivity contribution >= 4 is 26.9 Å². The van der Waals surface area contributed by atoms with Crippen LogP contribution in [0.25, 0.3) is 10.9 Å². The second-order valence-electron chi connectivity index (χ2n) is 8.11. The van der Waals surface area contributed by atoms with E-state index in [1.807, 2.05) is 44.3 Å². The molecule has 1 saturated heterocycles. The number of sulfonamides is 1. The van der Waals surface area contributed by atoms with Gasteiger partial charge in [-0.25, -0.2) is 8.42 Å².